The molecule has 1 aromatic rings. The van der Waals surface area contributed by atoms with Gasteiger partial charge in [-0.3, -0.25) is 9.78 Å². The summed E-state index contributed by atoms with van der Waals surface area (Å²) in [6, 6.07) is 1.62. The molecule has 0 aromatic carbocycles. The Bertz CT molecular complexity index is 470. The van der Waals surface area contributed by atoms with Gasteiger partial charge in [-0.25, -0.2) is 4.79 Å². The average molecular weight is 265 g/mol. The Balaban J connectivity index is 2.79. The van der Waals surface area contributed by atoms with Crippen LogP contribution in [-0.2, 0) is 4.79 Å². The molecule has 1 rings (SSSR count). The van der Waals surface area contributed by atoms with E-state index in [2.05, 4.69) is 10.3 Å². The first-order valence-corrected chi connectivity index (χ1v) is 6.21. The quantitative estimate of drug-likeness (QED) is 0.811. The smallest absolute Gasteiger partial charge is 0.339 e. The van der Waals surface area contributed by atoms with Crippen molar-refractivity contribution >= 4 is 17.6 Å². The third-order valence-corrected chi connectivity index (χ3v) is 2.82. The number of aromatic nitrogens is 1. The molecule has 19 heavy (non-hydrogen) atoms. The second-order valence-corrected chi connectivity index (χ2v) is 4.10. The minimum atomic E-state index is -1.06. The number of carbonyl (C=O) groups is 2. The molecule has 104 valence electrons. The highest BCUT2D eigenvalue weighted by molar-refractivity contribution is 5.94. The number of carbonyl (C=O) groups excluding carboxylic acids is 1. The molecule has 0 fully saturated rings. The number of aryl methyl sites for hydroxylation is 1. The van der Waals surface area contributed by atoms with Gasteiger partial charge in [0.2, 0.25) is 5.91 Å². The predicted octanol–water partition coefficient (Wildman–Crippen LogP) is 1.37. The standard InChI is InChI=1S/C13H19N3O3/c1-4-16(5-2)12(17)8-15-11-6-9(3)14-7-10(11)13(18)19/h6-7H,4-5,8H2,1-3H3,(H,14,15)(H,18,19). The zero-order valence-electron chi connectivity index (χ0n) is 11.4. The monoisotopic (exact) mass is 265 g/mol. The largest absolute Gasteiger partial charge is 0.478 e. The molecule has 0 radical (unpaired) electrons. The molecule has 0 saturated carbocycles. The minimum absolute atomic E-state index is 0.0594. The minimum Gasteiger partial charge on any atom is -0.478 e. The molecular weight excluding hydrogens is 246 g/mol. The SMILES string of the molecule is CCN(CC)C(=O)CNc1cc(C)ncc1C(=O)O. The lowest BCUT2D eigenvalue weighted by Crippen LogP contribution is -2.35. The van der Waals surface area contributed by atoms with Crippen molar-refractivity contribution in [3.05, 3.63) is 23.5 Å². The number of hydrogen-bond donors (Lipinski definition) is 2. The van der Waals surface area contributed by atoms with E-state index in [9.17, 15) is 9.59 Å². The lowest BCUT2D eigenvalue weighted by Gasteiger charge is -2.19. The van der Waals surface area contributed by atoms with Gasteiger partial charge in [-0.1, -0.05) is 0 Å². The van der Waals surface area contributed by atoms with Crippen molar-refractivity contribution in [1.82, 2.24) is 9.88 Å². The van der Waals surface area contributed by atoms with Gasteiger partial charge in [0.15, 0.2) is 0 Å². The van der Waals surface area contributed by atoms with E-state index in [1.54, 1.807) is 17.9 Å². The Morgan fingerprint density at radius 1 is 1.37 bits per heavy atom. The van der Waals surface area contributed by atoms with E-state index in [4.69, 9.17) is 5.11 Å². The van der Waals surface area contributed by atoms with Crippen LogP contribution in [0.5, 0.6) is 0 Å². The van der Waals surface area contributed by atoms with Gasteiger partial charge < -0.3 is 15.3 Å². The number of carboxylic acid groups (broad SMARTS) is 1. The van der Waals surface area contributed by atoms with Crippen LogP contribution in [0, 0.1) is 6.92 Å². The van der Waals surface area contributed by atoms with Crippen LogP contribution in [0.4, 0.5) is 5.69 Å². The number of likely N-dealkylation sites (N-methyl/N-ethyl adjacent to an activating group) is 1. The second kappa shape index (κ2) is 6.72. The van der Waals surface area contributed by atoms with Crippen LogP contribution in [0.1, 0.15) is 29.9 Å². The molecule has 6 nitrogen and oxygen atoms in total. The summed E-state index contributed by atoms with van der Waals surface area (Å²) < 4.78 is 0. The third-order valence-electron chi connectivity index (χ3n) is 2.82. The molecule has 1 heterocycles. The fourth-order valence-corrected chi connectivity index (χ4v) is 1.74. The third kappa shape index (κ3) is 3.94. The zero-order valence-corrected chi connectivity index (χ0v) is 11.4. The number of amides is 1. The average Bonchev–Trinajstić information content (AvgIpc) is 2.37. The number of pyridine rings is 1. The fourth-order valence-electron chi connectivity index (χ4n) is 1.74. The topological polar surface area (TPSA) is 82.5 Å². The summed E-state index contributed by atoms with van der Waals surface area (Å²) in [6.45, 7) is 6.92. The molecule has 0 aliphatic carbocycles. The van der Waals surface area contributed by atoms with Crippen molar-refractivity contribution in [3.8, 4) is 0 Å². The molecule has 0 unspecified atom stereocenters. The molecular formula is C13H19N3O3. The number of rotatable bonds is 6. The van der Waals surface area contributed by atoms with E-state index in [-0.39, 0.29) is 18.0 Å². The molecule has 0 spiro atoms. The van der Waals surface area contributed by atoms with Crippen LogP contribution in [-0.4, -0.2) is 46.5 Å². The lowest BCUT2D eigenvalue weighted by molar-refractivity contribution is -0.128. The van der Waals surface area contributed by atoms with Gasteiger partial charge in [0.1, 0.15) is 5.56 Å². The summed E-state index contributed by atoms with van der Waals surface area (Å²) >= 11 is 0. The van der Waals surface area contributed by atoms with E-state index < -0.39 is 5.97 Å². The Labute approximate surface area is 112 Å². The van der Waals surface area contributed by atoms with Crippen LogP contribution in [0.2, 0.25) is 0 Å². The summed E-state index contributed by atoms with van der Waals surface area (Å²) in [6.07, 6.45) is 1.29. The van der Waals surface area contributed by atoms with Crippen LogP contribution in [0.15, 0.2) is 12.3 Å². The van der Waals surface area contributed by atoms with Gasteiger partial charge in [0.05, 0.1) is 12.2 Å². The van der Waals surface area contributed by atoms with Crippen LogP contribution >= 0.6 is 0 Å². The molecule has 2 N–H and O–H groups in total. The Hall–Kier alpha value is -2.11. The van der Waals surface area contributed by atoms with Crippen LogP contribution in [0.25, 0.3) is 0 Å². The van der Waals surface area contributed by atoms with Gasteiger partial charge in [-0.05, 0) is 26.8 Å². The zero-order chi connectivity index (χ0) is 14.4. The summed E-state index contributed by atoms with van der Waals surface area (Å²) in [4.78, 5) is 28.5. The predicted molar refractivity (Wildman–Crippen MR) is 72.4 cm³/mol. The number of nitrogens with zero attached hydrogens (tertiary/aromatic N) is 2. The number of hydrogen-bond acceptors (Lipinski definition) is 4. The number of anilines is 1. The Kier molecular flexibility index (Phi) is 5.29. The van der Waals surface area contributed by atoms with Crippen molar-refractivity contribution in [3.63, 3.8) is 0 Å². The maximum absolute atomic E-state index is 11.8. The van der Waals surface area contributed by atoms with Crippen LogP contribution in [0.3, 0.4) is 0 Å². The molecule has 0 aliphatic heterocycles. The normalized spacial score (nSPS) is 10.1. The van der Waals surface area contributed by atoms with Crippen molar-refractivity contribution in [1.29, 1.82) is 0 Å². The van der Waals surface area contributed by atoms with Crippen molar-refractivity contribution in [2.45, 2.75) is 20.8 Å². The number of nitrogens with one attached hydrogen (secondary N) is 1. The highest BCUT2D eigenvalue weighted by Gasteiger charge is 2.13. The van der Waals surface area contributed by atoms with Gasteiger partial charge in [-0.2, -0.15) is 0 Å². The summed E-state index contributed by atoms with van der Waals surface area (Å²) in [7, 11) is 0. The molecule has 6 heteroatoms. The van der Waals surface area contributed by atoms with Gasteiger partial charge >= 0.3 is 5.97 Å². The lowest BCUT2D eigenvalue weighted by atomic mass is 10.2. The van der Waals surface area contributed by atoms with Crippen molar-refractivity contribution in [2.24, 2.45) is 0 Å². The summed E-state index contributed by atoms with van der Waals surface area (Å²) in [5, 5.41) is 11.9. The van der Waals surface area contributed by atoms with Crippen molar-refractivity contribution < 1.29 is 14.7 Å². The number of aromatic carboxylic acids is 1. The van der Waals surface area contributed by atoms with E-state index in [0.717, 1.165) is 0 Å². The molecule has 0 bridgehead atoms. The van der Waals surface area contributed by atoms with E-state index in [0.29, 0.717) is 24.5 Å². The number of carboxylic acids is 1. The maximum Gasteiger partial charge on any atom is 0.339 e. The highest BCUT2D eigenvalue weighted by Crippen LogP contribution is 2.15. The molecule has 1 aromatic heterocycles. The van der Waals surface area contributed by atoms with Gasteiger partial charge in [-0.15, -0.1) is 0 Å². The second-order valence-electron chi connectivity index (χ2n) is 4.10. The first-order chi connectivity index (χ1) is 8.99. The summed E-state index contributed by atoms with van der Waals surface area (Å²) in [5.41, 5.74) is 1.18. The van der Waals surface area contributed by atoms with E-state index in [1.165, 1.54) is 6.20 Å². The van der Waals surface area contributed by atoms with E-state index in [1.807, 2.05) is 13.8 Å². The Morgan fingerprint density at radius 2 is 2.00 bits per heavy atom. The molecule has 0 atom stereocenters. The van der Waals surface area contributed by atoms with E-state index >= 15 is 0 Å². The van der Waals surface area contributed by atoms with Crippen LogP contribution < -0.4 is 5.32 Å². The summed E-state index contributed by atoms with van der Waals surface area (Å²) in [5.74, 6) is -1.12. The maximum atomic E-state index is 11.8. The molecule has 0 saturated heterocycles. The molecule has 1 amide bonds. The first kappa shape index (κ1) is 14.9. The first-order valence-electron chi connectivity index (χ1n) is 6.21. The fraction of sp³-hybridized carbons (Fsp3) is 0.462. The Morgan fingerprint density at radius 3 is 2.53 bits per heavy atom. The van der Waals surface area contributed by atoms with Gasteiger partial charge in [0, 0.05) is 25.0 Å². The molecule has 0 aliphatic rings. The van der Waals surface area contributed by atoms with Gasteiger partial charge in [0.25, 0.3) is 0 Å². The highest BCUT2D eigenvalue weighted by atomic mass is 16.4. The van der Waals surface area contributed by atoms with Crippen molar-refractivity contribution in [2.75, 3.05) is 25.0 Å².